The van der Waals surface area contributed by atoms with Crippen LogP contribution in [0.1, 0.15) is 49.9 Å². The SMILES string of the molecule is CC.CC.Cc1ccccc1.Cc1ccccc1.c1ccc(Cc2ccccc2)cc1. The van der Waals surface area contributed by atoms with Gasteiger partial charge in [0.05, 0.1) is 0 Å². The summed E-state index contributed by atoms with van der Waals surface area (Å²) in [7, 11) is 0. The first-order valence-corrected chi connectivity index (χ1v) is 11.3. The monoisotopic (exact) mass is 412 g/mol. The fraction of sp³-hybridized carbons (Fsp3) is 0.226. The average Bonchev–Trinajstić information content (AvgIpc) is 2.85. The highest BCUT2D eigenvalue weighted by molar-refractivity contribution is 5.25. The summed E-state index contributed by atoms with van der Waals surface area (Å²) >= 11 is 0. The van der Waals surface area contributed by atoms with Crippen LogP contribution in [0, 0.1) is 13.8 Å². The van der Waals surface area contributed by atoms with E-state index in [4.69, 9.17) is 0 Å². The highest BCUT2D eigenvalue weighted by Gasteiger charge is 1.92. The van der Waals surface area contributed by atoms with Crippen molar-refractivity contribution in [3.63, 3.8) is 0 Å². The van der Waals surface area contributed by atoms with Gasteiger partial charge in [-0.2, -0.15) is 0 Å². The van der Waals surface area contributed by atoms with E-state index in [1.165, 1.54) is 22.3 Å². The smallest absolute Gasteiger partial charge is 0.00258 e. The molecule has 4 aromatic carbocycles. The fourth-order valence-electron chi connectivity index (χ4n) is 2.50. The molecule has 0 aliphatic heterocycles. The van der Waals surface area contributed by atoms with E-state index in [2.05, 4.69) is 98.8 Å². The Bertz CT molecular complexity index is 760. The Morgan fingerprint density at radius 3 is 0.774 bits per heavy atom. The topological polar surface area (TPSA) is 0 Å². The van der Waals surface area contributed by atoms with Crippen LogP contribution < -0.4 is 0 Å². The molecule has 0 nitrogen and oxygen atoms in total. The maximum atomic E-state index is 2.16. The van der Waals surface area contributed by atoms with Crippen molar-refractivity contribution in [2.24, 2.45) is 0 Å². The molecular weight excluding hydrogens is 372 g/mol. The molecule has 0 amide bonds. The van der Waals surface area contributed by atoms with Crippen molar-refractivity contribution in [2.75, 3.05) is 0 Å². The van der Waals surface area contributed by atoms with Gasteiger partial charge in [0.2, 0.25) is 0 Å². The molecule has 0 saturated carbocycles. The Balaban J connectivity index is 0.000000429. The second-order valence-corrected chi connectivity index (χ2v) is 6.46. The van der Waals surface area contributed by atoms with E-state index in [1.54, 1.807) is 0 Å². The van der Waals surface area contributed by atoms with Crippen molar-refractivity contribution in [1.29, 1.82) is 0 Å². The number of benzene rings is 4. The number of hydrogen-bond donors (Lipinski definition) is 0. The molecule has 31 heavy (non-hydrogen) atoms. The van der Waals surface area contributed by atoms with Gasteiger partial charge in [0.1, 0.15) is 0 Å². The first kappa shape index (κ1) is 27.9. The number of rotatable bonds is 2. The van der Waals surface area contributed by atoms with Crippen molar-refractivity contribution in [2.45, 2.75) is 48.0 Å². The molecule has 0 aromatic heterocycles. The van der Waals surface area contributed by atoms with Crippen molar-refractivity contribution >= 4 is 0 Å². The van der Waals surface area contributed by atoms with Crippen LogP contribution in [0.15, 0.2) is 121 Å². The first-order chi connectivity index (χ1) is 15.2. The van der Waals surface area contributed by atoms with Crippen LogP contribution >= 0.6 is 0 Å². The fourth-order valence-corrected chi connectivity index (χ4v) is 2.50. The maximum Gasteiger partial charge on any atom is -0.00258 e. The summed E-state index contributed by atoms with van der Waals surface area (Å²) < 4.78 is 0. The second kappa shape index (κ2) is 20.2. The van der Waals surface area contributed by atoms with Gasteiger partial charge in [-0.05, 0) is 31.4 Å². The predicted molar refractivity (Wildman–Crippen MR) is 141 cm³/mol. The third-order valence-corrected chi connectivity index (χ3v) is 3.97. The molecule has 0 bridgehead atoms. The number of hydrogen-bond acceptors (Lipinski definition) is 0. The van der Waals surface area contributed by atoms with Gasteiger partial charge >= 0.3 is 0 Å². The lowest BCUT2D eigenvalue weighted by Crippen LogP contribution is -1.85. The Morgan fingerprint density at radius 2 is 0.581 bits per heavy atom. The molecule has 4 rings (SSSR count). The van der Waals surface area contributed by atoms with Crippen molar-refractivity contribution in [3.8, 4) is 0 Å². The highest BCUT2D eigenvalue weighted by Crippen LogP contribution is 2.07. The molecule has 0 N–H and O–H groups in total. The van der Waals surface area contributed by atoms with E-state index in [0.29, 0.717) is 0 Å². The van der Waals surface area contributed by atoms with Crippen LogP contribution in [-0.2, 0) is 6.42 Å². The Kier molecular flexibility index (Phi) is 18.1. The quantitative estimate of drug-likeness (QED) is 0.307. The zero-order valence-electron chi connectivity index (χ0n) is 20.3. The Labute approximate surface area is 191 Å². The molecule has 0 aliphatic carbocycles. The molecule has 0 atom stereocenters. The van der Waals surface area contributed by atoms with E-state index in [0.717, 1.165) is 6.42 Å². The summed E-state index contributed by atoms with van der Waals surface area (Å²) in [6.45, 7) is 12.2. The van der Waals surface area contributed by atoms with Crippen LogP contribution in [0.4, 0.5) is 0 Å². The normalized spacial score (nSPS) is 8.45. The van der Waals surface area contributed by atoms with Gasteiger partial charge in [-0.3, -0.25) is 0 Å². The zero-order valence-corrected chi connectivity index (χ0v) is 20.3. The molecule has 0 fully saturated rings. The van der Waals surface area contributed by atoms with Crippen molar-refractivity contribution in [3.05, 3.63) is 144 Å². The standard InChI is InChI=1S/C13H12.2C7H8.2C2H6/c1-3-7-12(8-4-1)11-13-9-5-2-6-10-13;2*1-7-5-3-2-4-6-7;2*1-2/h1-10H,11H2;2*2-6H,1H3;2*1-2H3. The summed E-state index contributed by atoms with van der Waals surface area (Å²) in [6.07, 6.45) is 1.03. The van der Waals surface area contributed by atoms with Gasteiger partial charge in [0.15, 0.2) is 0 Å². The molecule has 0 unspecified atom stereocenters. The Hall–Kier alpha value is -3.12. The minimum atomic E-state index is 1.03. The lowest BCUT2D eigenvalue weighted by molar-refractivity contribution is 1.19. The molecule has 0 saturated heterocycles. The van der Waals surface area contributed by atoms with Crippen LogP contribution in [-0.4, -0.2) is 0 Å². The Morgan fingerprint density at radius 1 is 0.355 bits per heavy atom. The first-order valence-electron chi connectivity index (χ1n) is 11.3. The summed E-state index contributed by atoms with van der Waals surface area (Å²) in [6, 6.07) is 41.6. The molecule has 164 valence electrons. The zero-order chi connectivity index (χ0) is 23.2. The van der Waals surface area contributed by atoms with E-state index in [1.807, 2.05) is 64.1 Å². The van der Waals surface area contributed by atoms with Crippen LogP contribution in [0.3, 0.4) is 0 Å². The predicted octanol–water partition coefficient (Wildman–Crippen LogP) is 9.32. The van der Waals surface area contributed by atoms with Gasteiger partial charge in [-0.15, -0.1) is 0 Å². The van der Waals surface area contributed by atoms with Crippen LogP contribution in [0.2, 0.25) is 0 Å². The van der Waals surface area contributed by atoms with Gasteiger partial charge < -0.3 is 0 Å². The summed E-state index contributed by atoms with van der Waals surface area (Å²) in [5, 5.41) is 0. The van der Waals surface area contributed by atoms with E-state index in [-0.39, 0.29) is 0 Å². The van der Waals surface area contributed by atoms with Gasteiger partial charge in [-0.25, -0.2) is 0 Å². The van der Waals surface area contributed by atoms with Gasteiger partial charge in [0.25, 0.3) is 0 Å². The lowest BCUT2D eigenvalue weighted by Gasteiger charge is -2.00. The highest BCUT2D eigenvalue weighted by atomic mass is 14.0. The molecule has 4 aromatic rings. The molecule has 0 heteroatoms. The second-order valence-electron chi connectivity index (χ2n) is 6.46. The molecule has 0 spiro atoms. The minimum absolute atomic E-state index is 1.03. The third-order valence-electron chi connectivity index (χ3n) is 3.97. The number of aryl methyl sites for hydroxylation is 2. The third kappa shape index (κ3) is 15.4. The molecular formula is C31H40. The lowest BCUT2D eigenvalue weighted by atomic mass is 10.1. The van der Waals surface area contributed by atoms with Crippen LogP contribution in [0.25, 0.3) is 0 Å². The van der Waals surface area contributed by atoms with Crippen molar-refractivity contribution < 1.29 is 0 Å². The van der Waals surface area contributed by atoms with E-state index < -0.39 is 0 Å². The molecule has 0 aliphatic rings. The van der Waals surface area contributed by atoms with E-state index in [9.17, 15) is 0 Å². The largest absolute Gasteiger partial charge is 0.0683 e. The summed E-state index contributed by atoms with van der Waals surface area (Å²) in [4.78, 5) is 0. The van der Waals surface area contributed by atoms with Gasteiger partial charge in [0, 0.05) is 0 Å². The summed E-state index contributed by atoms with van der Waals surface area (Å²) in [5.74, 6) is 0. The van der Waals surface area contributed by atoms with Gasteiger partial charge in [-0.1, -0.05) is 160 Å². The maximum absolute atomic E-state index is 2.16. The summed E-state index contributed by atoms with van der Waals surface area (Å²) in [5.41, 5.74) is 5.38. The molecule has 0 radical (unpaired) electrons. The average molecular weight is 413 g/mol. The molecule has 0 heterocycles. The van der Waals surface area contributed by atoms with Crippen molar-refractivity contribution in [1.82, 2.24) is 0 Å². The minimum Gasteiger partial charge on any atom is -0.0683 e. The van der Waals surface area contributed by atoms with E-state index >= 15 is 0 Å². The van der Waals surface area contributed by atoms with Crippen LogP contribution in [0.5, 0.6) is 0 Å².